The number of hydrogen-bond acceptors (Lipinski definition) is 5. The van der Waals surface area contributed by atoms with Gasteiger partial charge in [-0.25, -0.2) is 0 Å². The fourth-order valence-electron chi connectivity index (χ4n) is 4.11. The Morgan fingerprint density at radius 3 is 2.62 bits per heavy atom. The number of benzene rings is 1. The Kier molecular flexibility index (Phi) is 5.04. The highest BCUT2D eigenvalue weighted by atomic mass is 16.5. The number of amides is 1. The molecule has 2 unspecified atom stereocenters. The Balaban J connectivity index is 1.85. The van der Waals surface area contributed by atoms with Crippen molar-refractivity contribution in [2.45, 2.75) is 45.8 Å². The van der Waals surface area contributed by atoms with Gasteiger partial charge in [-0.05, 0) is 57.4 Å². The number of likely N-dealkylation sites (tertiary alicyclic amines) is 1. The predicted octanol–water partition coefficient (Wildman–Crippen LogP) is 3.81. The molecule has 2 fully saturated rings. The number of carbonyl (C=O) groups is 2. The van der Waals surface area contributed by atoms with Crippen molar-refractivity contribution in [2.24, 2.45) is 0 Å². The van der Waals surface area contributed by atoms with Gasteiger partial charge in [0.2, 0.25) is 0 Å². The molecule has 2 aliphatic rings. The number of carbonyl (C=O) groups excluding carboxylic acids is 2. The summed E-state index contributed by atoms with van der Waals surface area (Å²) in [6, 6.07) is 8.43. The third kappa shape index (κ3) is 3.49. The first-order valence-corrected chi connectivity index (χ1v) is 9.91. The molecular formula is C23H25NO5. The highest BCUT2D eigenvalue weighted by molar-refractivity contribution is 6.46. The quantitative estimate of drug-likeness (QED) is 0.484. The zero-order chi connectivity index (χ0) is 20.7. The molecule has 2 aromatic rings. The maximum absolute atomic E-state index is 13.0. The minimum Gasteiger partial charge on any atom is -0.507 e. The van der Waals surface area contributed by atoms with Gasteiger partial charge < -0.3 is 19.2 Å². The van der Waals surface area contributed by atoms with E-state index in [1.807, 2.05) is 32.0 Å². The van der Waals surface area contributed by atoms with Gasteiger partial charge in [0.1, 0.15) is 23.3 Å². The zero-order valence-corrected chi connectivity index (χ0v) is 16.9. The van der Waals surface area contributed by atoms with E-state index >= 15 is 0 Å². The summed E-state index contributed by atoms with van der Waals surface area (Å²) in [4.78, 5) is 27.4. The van der Waals surface area contributed by atoms with Crippen molar-refractivity contribution in [1.82, 2.24) is 4.90 Å². The van der Waals surface area contributed by atoms with Crippen molar-refractivity contribution in [3.8, 4) is 0 Å². The molecule has 1 N–H and O–H groups in total. The van der Waals surface area contributed by atoms with Gasteiger partial charge >= 0.3 is 0 Å². The van der Waals surface area contributed by atoms with Crippen molar-refractivity contribution >= 4 is 17.4 Å². The largest absolute Gasteiger partial charge is 0.507 e. The normalized spacial score (nSPS) is 23.9. The Hall–Kier alpha value is -2.86. The topological polar surface area (TPSA) is 80.0 Å². The summed E-state index contributed by atoms with van der Waals surface area (Å²) in [5, 5.41) is 11.1. The molecule has 6 heteroatoms. The SMILES string of the molecule is Cc1ccc(C)c(/C(O)=C2\C(=O)C(=O)N(CC3CCCO3)C2c2ccc(C)o2)c1. The lowest BCUT2D eigenvalue weighted by molar-refractivity contribution is -0.141. The van der Waals surface area contributed by atoms with Crippen molar-refractivity contribution in [2.75, 3.05) is 13.2 Å². The van der Waals surface area contributed by atoms with Gasteiger partial charge in [-0.2, -0.15) is 0 Å². The summed E-state index contributed by atoms with van der Waals surface area (Å²) in [6.45, 7) is 6.53. The maximum Gasteiger partial charge on any atom is 0.295 e. The highest BCUT2D eigenvalue weighted by Gasteiger charge is 2.48. The molecule has 6 nitrogen and oxygen atoms in total. The third-order valence-corrected chi connectivity index (χ3v) is 5.64. The molecule has 1 aromatic heterocycles. The van der Waals surface area contributed by atoms with Gasteiger partial charge in [-0.15, -0.1) is 0 Å². The smallest absolute Gasteiger partial charge is 0.295 e. The lowest BCUT2D eigenvalue weighted by Gasteiger charge is -2.25. The molecule has 0 radical (unpaired) electrons. The molecule has 2 aliphatic heterocycles. The summed E-state index contributed by atoms with van der Waals surface area (Å²) < 4.78 is 11.5. The van der Waals surface area contributed by atoms with E-state index in [1.54, 1.807) is 19.1 Å². The van der Waals surface area contributed by atoms with Gasteiger partial charge in [0.15, 0.2) is 0 Å². The maximum atomic E-state index is 13.0. The first-order valence-electron chi connectivity index (χ1n) is 9.91. The minimum absolute atomic E-state index is 0.0658. The number of nitrogens with zero attached hydrogens (tertiary/aromatic N) is 1. The van der Waals surface area contributed by atoms with E-state index < -0.39 is 17.7 Å². The summed E-state index contributed by atoms with van der Waals surface area (Å²) >= 11 is 0. The molecule has 0 bridgehead atoms. The number of aliphatic hydroxyl groups is 1. The van der Waals surface area contributed by atoms with Crippen LogP contribution >= 0.6 is 0 Å². The second-order valence-corrected chi connectivity index (χ2v) is 7.85. The number of ether oxygens (including phenoxy) is 1. The van der Waals surface area contributed by atoms with E-state index in [1.165, 1.54) is 4.90 Å². The number of ketones is 1. The van der Waals surface area contributed by atoms with E-state index in [9.17, 15) is 14.7 Å². The van der Waals surface area contributed by atoms with Gasteiger partial charge in [0, 0.05) is 18.7 Å². The standard InChI is InChI=1S/C23H25NO5/c1-13-6-7-14(2)17(11-13)21(25)19-20(18-9-8-15(3)29-18)24(23(27)22(19)26)12-16-5-4-10-28-16/h6-9,11,16,20,25H,4-5,10,12H2,1-3H3/b21-19+. The monoisotopic (exact) mass is 395 g/mol. The number of aryl methyl sites for hydroxylation is 3. The van der Waals surface area contributed by atoms with Crippen LogP contribution in [0, 0.1) is 20.8 Å². The molecule has 0 aliphatic carbocycles. The average molecular weight is 395 g/mol. The van der Waals surface area contributed by atoms with Crippen molar-refractivity contribution < 1.29 is 23.8 Å². The number of furan rings is 1. The van der Waals surface area contributed by atoms with E-state index in [-0.39, 0.29) is 17.4 Å². The molecule has 0 saturated carbocycles. The number of hydrogen-bond donors (Lipinski definition) is 1. The molecule has 2 saturated heterocycles. The third-order valence-electron chi connectivity index (χ3n) is 5.64. The van der Waals surface area contributed by atoms with Crippen LogP contribution in [0.15, 0.2) is 40.3 Å². The summed E-state index contributed by atoms with van der Waals surface area (Å²) in [5.41, 5.74) is 2.40. The van der Waals surface area contributed by atoms with Crippen LogP contribution in [0.2, 0.25) is 0 Å². The van der Waals surface area contributed by atoms with Gasteiger partial charge in [-0.3, -0.25) is 9.59 Å². The lowest BCUT2D eigenvalue weighted by Crippen LogP contribution is -2.36. The molecule has 4 rings (SSSR count). The van der Waals surface area contributed by atoms with Gasteiger partial charge in [0.05, 0.1) is 11.7 Å². The van der Waals surface area contributed by atoms with Crippen LogP contribution in [0.4, 0.5) is 0 Å². The minimum atomic E-state index is -0.771. The Morgan fingerprint density at radius 2 is 1.97 bits per heavy atom. The van der Waals surface area contributed by atoms with E-state index in [2.05, 4.69) is 0 Å². The first-order chi connectivity index (χ1) is 13.9. The van der Waals surface area contributed by atoms with Gasteiger partial charge in [0.25, 0.3) is 11.7 Å². The van der Waals surface area contributed by atoms with Crippen molar-refractivity contribution in [3.05, 3.63) is 64.1 Å². The van der Waals surface area contributed by atoms with Crippen LogP contribution in [0.3, 0.4) is 0 Å². The zero-order valence-electron chi connectivity index (χ0n) is 16.9. The number of rotatable bonds is 4. The van der Waals surface area contributed by atoms with Crippen LogP contribution in [-0.4, -0.2) is 41.0 Å². The molecule has 3 heterocycles. The second kappa shape index (κ2) is 7.52. The predicted molar refractivity (Wildman–Crippen MR) is 107 cm³/mol. The van der Waals surface area contributed by atoms with E-state index in [4.69, 9.17) is 9.15 Å². The van der Waals surface area contributed by atoms with Crippen molar-refractivity contribution in [3.63, 3.8) is 0 Å². The second-order valence-electron chi connectivity index (χ2n) is 7.85. The van der Waals surface area contributed by atoms with Crippen LogP contribution < -0.4 is 0 Å². The van der Waals surface area contributed by atoms with Gasteiger partial charge in [-0.1, -0.05) is 17.7 Å². The molecule has 152 valence electrons. The molecular weight excluding hydrogens is 370 g/mol. The Labute approximate surface area is 169 Å². The molecule has 0 spiro atoms. The first kappa shape index (κ1) is 19.5. The molecule has 29 heavy (non-hydrogen) atoms. The van der Waals surface area contributed by atoms with Crippen LogP contribution in [-0.2, 0) is 14.3 Å². The molecule has 2 atom stereocenters. The number of aliphatic hydroxyl groups excluding tert-OH is 1. The highest BCUT2D eigenvalue weighted by Crippen LogP contribution is 2.41. The summed E-state index contributed by atoms with van der Waals surface area (Å²) in [5.74, 6) is -0.355. The van der Waals surface area contributed by atoms with E-state index in [0.717, 1.165) is 24.0 Å². The Morgan fingerprint density at radius 1 is 1.17 bits per heavy atom. The fraction of sp³-hybridized carbons (Fsp3) is 0.391. The fourth-order valence-corrected chi connectivity index (χ4v) is 4.11. The van der Waals surface area contributed by atoms with E-state index in [0.29, 0.717) is 30.2 Å². The number of Topliss-reactive ketones (excluding diaryl/α,β-unsaturated/α-hetero) is 1. The summed E-state index contributed by atoms with van der Waals surface area (Å²) in [7, 11) is 0. The average Bonchev–Trinajstić information content (AvgIpc) is 3.40. The summed E-state index contributed by atoms with van der Waals surface area (Å²) in [6.07, 6.45) is 1.65. The lowest BCUT2D eigenvalue weighted by atomic mass is 9.96. The van der Waals surface area contributed by atoms with Crippen LogP contribution in [0.25, 0.3) is 5.76 Å². The Bertz CT molecular complexity index is 996. The molecule has 1 aromatic carbocycles. The van der Waals surface area contributed by atoms with Crippen molar-refractivity contribution in [1.29, 1.82) is 0 Å². The van der Waals surface area contributed by atoms with Crippen LogP contribution in [0.1, 0.15) is 47.1 Å². The molecule has 1 amide bonds. The van der Waals surface area contributed by atoms with Crippen LogP contribution in [0.5, 0.6) is 0 Å².